The van der Waals surface area contributed by atoms with Gasteiger partial charge in [-0.15, -0.1) is 0 Å². The Morgan fingerprint density at radius 2 is 1.86 bits per heavy atom. The largest absolute Gasteiger partial charge is 0.394 e. The lowest BCUT2D eigenvalue weighted by Gasteiger charge is -2.23. The second-order valence-corrected chi connectivity index (χ2v) is 5.69. The van der Waals surface area contributed by atoms with Crippen LogP contribution in [-0.4, -0.2) is 45.4 Å². The molecule has 2 rings (SSSR count). The highest BCUT2D eigenvalue weighted by Crippen LogP contribution is 2.17. The second-order valence-electron chi connectivity index (χ2n) is 5.69. The number of fused-ring (bicyclic) bond motifs is 1. The molecular weight excluding hydrogens is 282 g/mol. The highest BCUT2D eigenvalue weighted by Gasteiger charge is 2.23. The summed E-state index contributed by atoms with van der Waals surface area (Å²) in [7, 11) is 1.62. The summed E-state index contributed by atoms with van der Waals surface area (Å²) in [4.78, 5) is 26.6. The Morgan fingerprint density at radius 3 is 2.41 bits per heavy atom. The van der Waals surface area contributed by atoms with Crippen LogP contribution in [-0.2, 0) is 0 Å². The molecule has 0 bridgehead atoms. The smallest absolute Gasteiger partial charge is 0.275 e. The number of likely N-dealkylation sites (N-methyl/N-ethyl adjacent to an activating group) is 1. The number of aliphatic hydroxyl groups is 1. The quantitative estimate of drug-likeness (QED) is 0.927. The van der Waals surface area contributed by atoms with Gasteiger partial charge in [-0.05, 0) is 26.8 Å². The average molecular weight is 303 g/mol. The number of aliphatic hydroxyl groups excluding tert-OH is 1. The van der Waals surface area contributed by atoms with E-state index >= 15 is 0 Å². The van der Waals surface area contributed by atoms with Gasteiger partial charge in [-0.2, -0.15) is 5.10 Å². The molecule has 0 spiro atoms. The number of carbonyl (C=O) groups is 1. The van der Waals surface area contributed by atoms with Gasteiger partial charge in [0.1, 0.15) is 0 Å². The van der Waals surface area contributed by atoms with Gasteiger partial charge in [-0.1, -0.05) is 18.2 Å². The molecular formula is C16H21N3O3. The van der Waals surface area contributed by atoms with E-state index in [1.807, 2.05) is 13.8 Å². The average Bonchev–Trinajstić information content (AvgIpc) is 2.53. The maximum Gasteiger partial charge on any atom is 0.275 e. The van der Waals surface area contributed by atoms with Crippen molar-refractivity contribution in [1.82, 2.24) is 14.7 Å². The van der Waals surface area contributed by atoms with Crippen molar-refractivity contribution < 1.29 is 9.90 Å². The summed E-state index contributed by atoms with van der Waals surface area (Å²) in [5.74, 6) is -0.313. The molecule has 0 aliphatic heterocycles. The highest BCUT2D eigenvalue weighted by atomic mass is 16.3. The predicted molar refractivity (Wildman–Crippen MR) is 85.0 cm³/mol. The molecule has 1 aromatic heterocycles. The van der Waals surface area contributed by atoms with Crippen LogP contribution < -0.4 is 5.56 Å². The SMILES string of the molecule is CC(CO)N(C)C(=O)c1nn(C(C)C)c(=O)c2ccccc12. The zero-order chi connectivity index (χ0) is 16.4. The van der Waals surface area contributed by atoms with Crippen LogP contribution in [0.2, 0.25) is 0 Å². The molecule has 0 aliphatic carbocycles. The van der Waals surface area contributed by atoms with Crippen LogP contribution in [0.15, 0.2) is 29.1 Å². The molecule has 1 atom stereocenters. The van der Waals surface area contributed by atoms with Gasteiger partial charge >= 0.3 is 0 Å². The number of carbonyl (C=O) groups excluding carboxylic acids is 1. The summed E-state index contributed by atoms with van der Waals surface area (Å²) >= 11 is 0. The first-order valence-electron chi connectivity index (χ1n) is 7.28. The minimum absolute atomic E-state index is 0.135. The lowest BCUT2D eigenvalue weighted by atomic mass is 10.1. The second kappa shape index (κ2) is 6.27. The van der Waals surface area contributed by atoms with Gasteiger partial charge in [-0.3, -0.25) is 9.59 Å². The monoisotopic (exact) mass is 303 g/mol. The summed E-state index contributed by atoms with van der Waals surface area (Å²) in [5, 5.41) is 14.5. The normalized spacial score (nSPS) is 12.6. The Hall–Kier alpha value is -2.21. The van der Waals surface area contributed by atoms with E-state index in [0.29, 0.717) is 10.8 Å². The lowest BCUT2D eigenvalue weighted by Crippen LogP contribution is -2.39. The van der Waals surface area contributed by atoms with Crippen LogP contribution in [0.25, 0.3) is 10.8 Å². The first-order chi connectivity index (χ1) is 10.4. The molecule has 1 amide bonds. The van der Waals surface area contributed by atoms with Crippen molar-refractivity contribution in [3.8, 4) is 0 Å². The van der Waals surface area contributed by atoms with Crippen LogP contribution in [0.5, 0.6) is 0 Å². The minimum atomic E-state index is -0.326. The summed E-state index contributed by atoms with van der Waals surface area (Å²) in [5.41, 5.74) is 0.0201. The maximum atomic E-state index is 12.7. The van der Waals surface area contributed by atoms with Gasteiger partial charge in [0, 0.05) is 12.4 Å². The van der Waals surface area contributed by atoms with Gasteiger partial charge in [0.05, 0.1) is 24.1 Å². The Morgan fingerprint density at radius 1 is 1.27 bits per heavy atom. The number of rotatable bonds is 4. The van der Waals surface area contributed by atoms with Crippen molar-refractivity contribution in [2.75, 3.05) is 13.7 Å². The molecule has 0 saturated heterocycles. The van der Waals surface area contributed by atoms with Gasteiger partial charge < -0.3 is 10.0 Å². The van der Waals surface area contributed by atoms with Crippen molar-refractivity contribution >= 4 is 16.7 Å². The third-order valence-electron chi connectivity index (χ3n) is 3.77. The van der Waals surface area contributed by atoms with Crippen LogP contribution in [0.1, 0.15) is 37.3 Å². The molecule has 0 aliphatic rings. The van der Waals surface area contributed by atoms with E-state index in [2.05, 4.69) is 5.10 Å². The molecule has 6 heteroatoms. The van der Waals surface area contributed by atoms with E-state index in [4.69, 9.17) is 0 Å². The number of hydrogen-bond donors (Lipinski definition) is 1. The maximum absolute atomic E-state index is 12.7. The molecule has 22 heavy (non-hydrogen) atoms. The fourth-order valence-corrected chi connectivity index (χ4v) is 2.20. The molecule has 6 nitrogen and oxygen atoms in total. The summed E-state index contributed by atoms with van der Waals surface area (Å²) in [6.45, 7) is 5.30. The zero-order valence-corrected chi connectivity index (χ0v) is 13.3. The number of amides is 1. The van der Waals surface area contributed by atoms with Crippen molar-refractivity contribution in [2.45, 2.75) is 32.9 Å². The third kappa shape index (κ3) is 2.74. The summed E-state index contributed by atoms with van der Waals surface area (Å²) in [6.07, 6.45) is 0. The summed E-state index contributed by atoms with van der Waals surface area (Å²) < 4.78 is 1.33. The molecule has 118 valence electrons. The number of aromatic nitrogens is 2. The topological polar surface area (TPSA) is 75.4 Å². The van der Waals surface area contributed by atoms with Crippen molar-refractivity contribution in [1.29, 1.82) is 0 Å². The fourth-order valence-electron chi connectivity index (χ4n) is 2.20. The highest BCUT2D eigenvalue weighted by molar-refractivity contribution is 6.04. The number of benzene rings is 1. The lowest BCUT2D eigenvalue weighted by molar-refractivity contribution is 0.0675. The minimum Gasteiger partial charge on any atom is -0.394 e. The van der Waals surface area contributed by atoms with E-state index in [1.54, 1.807) is 38.2 Å². The van der Waals surface area contributed by atoms with Crippen molar-refractivity contribution in [3.63, 3.8) is 0 Å². The number of hydrogen-bond acceptors (Lipinski definition) is 4. The summed E-state index contributed by atoms with van der Waals surface area (Å²) in [6, 6.07) is 6.48. The fraction of sp³-hybridized carbons (Fsp3) is 0.438. The van der Waals surface area contributed by atoms with Gasteiger partial charge in [0.2, 0.25) is 0 Å². The van der Waals surface area contributed by atoms with Crippen LogP contribution in [0.4, 0.5) is 0 Å². The molecule has 1 aromatic carbocycles. The predicted octanol–water partition coefficient (Wildman–Crippen LogP) is 1.43. The van der Waals surface area contributed by atoms with Gasteiger partial charge in [-0.25, -0.2) is 4.68 Å². The molecule has 1 unspecified atom stereocenters. The number of nitrogens with zero attached hydrogens (tertiary/aromatic N) is 3. The van der Waals surface area contributed by atoms with Crippen molar-refractivity contribution in [3.05, 3.63) is 40.3 Å². The van der Waals surface area contributed by atoms with E-state index in [1.165, 1.54) is 9.58 Å². The Balaban J connectivity index is 2.70. The molecule has 1 heterocycles. The van der Waals surface area contributed by atoms with Gasteiger partial charge in [0.25, 0.3) is 11.5 Å². The Kier molecular flexibility index (Phi) is 4.61. The molecule has 0 saturated carbocycles. The molecule has 2 aromatic rings. The van der Waals surface area contributed by atoms with Crippen LogP contribution >= 0.6 is 0 Å². The van der Waals surface area contributed by atoms with E-state index in [0.717, 1.165) is 0 Å². The Labute approximate surface area is 129 Å². The molecule has 0 fully saturated rings. The molecule has 0 radical (unpaired) electrons. The van der Waals surface area contributed by atoms with Crippen LogP contribution in [0, 0.1) is 0 Å². The zero-order valence-electron chi connectivity index (χ0n) is 13.3. The van der Waals surface area contributed by atoms with Gasteiger partial charge in [0.15, 0.2) is 5.69 Å². The Bertz CT molecular complexity index is 752. The molecule has 1 N–H and O–H groups in total. The third-order valence-corrected chi connectivity index (χ3v) is 3.77. The first kappa shape index (κ1) is 16.2. The van der Waals surface area contributed by atoms with E-state index in [-0.39, 0.29) is 35.9 Å². The first-order valence-corrected chi connectivity index (χ1v) is 7.28. The van der Waals surface area contributed by atoms with Crippen molar-refractivity contribution in [2.24, 2.45) is 0 Å². The van der Waals surface area contributed by atoms with E-state index < -0.39 is 0 Å². The standard InChI is InChI=1S/C16H21N3O3/c1-10(2)19-15(21)13-8-6-5-7-12(13)14(17-19)16(22)18(4)11(3)9-20/h5-8,10-11,20H,9H2,1-4H3. The van der Waals surface area contributed by atoms with Crippen LogP contribution in [0.3, 0.4) is 0 Å². The van der Waals surface area contributed by atoms with E-state index in [9.17, 15) is 14.7 Å².